The number of imide groups is 1. The topological polar surface area (TPSA) is 46.6 Å². The largest absolute Gasteiger partial charge is 0.497 e. The minimum absolute atomic E-state index is 0.0590. The molecule has 4 heteroatoms. The lowest BCUT2D eigenvalue weighted by Crippen LogP contribution is -2.30. The van der Waals surface area contributed by atoms with Crippen molar-refractivity contribution in [2.45, 2.75) is 39.0 Å². The highest BCUT2D eigenvalue weighted by molar-refractivity contribution is 6.20. The Morgan fingerprint density at radius 3 is 2.50 bits per heavy atom. The van der Waals surface area contributed by atoms with Crippen molar-refractivity contribution in [1.82, 2.24) is 0 Å². The van der Waals surface area contributed by atoms with Gasteiger partial charge in [0.05, 0.1) is 12.8 Å². The lowest BCUT2D eigenvalue weighted by molar-refractivity contribution is -0.122. The number of nitrogens with zero attached hydrogens (tertiary/aromatic N) is 1. The van der Waals surface area contributed by atoms with Crippen LogP contribution in [0.1, 0.15) is 39.0 Å². The van der Waals surface area contributed by atoms with Gasteiger partial charge in [-0.2, -0.15) is 0 Å². The summed E-state index contributed by atoms with van der Waals surface area (Å²) in [6.07, 6.45) is 4.40. The van der Waals surface area contributed by atoms with E-state index in [4.69, 9.17) is 4.74 Å². The Bertz CT molecular complexity index is 481. The standard InChI is InChI=1S/C16H21NO3/c1-3-4-5-6-12-11-15(18)17(16(12)19)13-7-9-14(20-2)10-8-13/h7-10,12H,3-6,11H2,1-2H3/t12-/m1/s1. The average Bonchev–Trinajstić information content (AvgIpc) is 2.74. The summed E-state index contributed by atoms with van der Waals surface area (Å²) in [7, 11) is 1.59. The second kappa shape index (κ2) is 6.55. The molecule has 0 radical (unpaired) electrons. The molecule has 4 nitrogen and oxygen atoms in total. The number of anilines is 1. The van der Waals surface area contributed by atoms with E-state index in [1.165, 1.54) is 4.90 Å². The van der Waals surface area contributed by atoms with Gasteiger partial charge in [0, 0.05) is 12.3 Å². The van der Waals surface area contributed by atoms with Crippen LogP contribution in [0.2, 0.25) is 0 Å². The van der Waals surface area contributed by atoms with Crippen LogP contribution in [0.15, 0.2) is 24.3 Å². The zero-order chi connectivity index (χ0) is 14.5. The van der Waals surface area contributed by atoms with E-state index < -0.39 is 0 Å². The summed E-state index contributed by atoms with van der Waals surface area (Å²) in [5, 5.41) is 0. The van der Waals surface area contributed by atoms with Crippen molar-refractivity contribution in [2.24, 2.45) is 5.92 Å². The van der Waals surface area contributed by atoms with Crippen LogP contribution in [0.5, 0.6) is 5.75 Å². The van der Waals surface area contributed by atoms with Gasteiger partial charge in [-0.3, -0.25) is 14.5 Å². The average molecular weight is 275 g/mol. The highest BCUT2D eigenvalue weighted by Gasteiger charge is 2.38. The molecule has 1 aliphatic heterocycles. The molecule has 0 N–H and O–H groups in total. The molecule has 1 heterocycles. The maximum atomic E-state index is 12.3. The van der Waals surface area contributed by atoms with E-state index in [1.54, 1.807) is 31.4 Å². The van der Waals surface area contributed by atoms with Crippen molar-refractivity contribution in [3.8, 4) is 5.75 Å². The summed E-state index contributed by atoms with van der Waals surface area (Å²) < 4.78 is 5.08. The van der Waals surface area contributed by atoms with Crippen molar-refractivity contribution in [1.29, 1.82) is 0 Å². The first-order valence-electron chi connectivity index (χ1n) is 7.18. The number of unbranched alkanes of at least 4 members (excludes halogenated alkanes) is 2. The molecular formula is C16H21NO3. The number of hydrogen-bond acceptors (Lipinski definition) is 3. The lowest BCUT2D eigenvalue weighted by atomic mass is 10.00. The van der Waals surface area contributed by atoms with E-state index in [1.807, 2.05) is 0 Å². The molecule has 2 amide bonds. The number of ether oxygens (including phenoxy) is 1. The molecule has 0 unspecified atom stereocenters. The second-order valence-corrected chi connectivity index (χ2v) is 5.16. The zero-order valence-corrected chi connectivity index (χ0v) is 12.1. The van der Waals surface area contributed by atoms with Crippen molar-refractivity contribution in [3.05, 3.63) is 24.3 Å². The maximum absolute atomic E-state index is 12.3. The number of rotatable bonds is 6. The van der Waals surface area contributed by atoms with E-state index in [2.05, 4.69) is 6.92 Å². The smallest absolute Gasteiger partial charge is 0.237 e. The van der Waals surface area contributed by atoms with Crippen molar-refractivity contribution in [3.63, 3.8) is 0 Å². The van der Waals surface area contributed by atoms with Crippen LogP contribution in [0.4, 0.5) is 5.69 Å². The number of benzene rings is 1. The predicted octanol–water partition coefficient (Wildman–Crippen LogP) is 3.16. The van der Waals surface area contributed by atoms with Gasteiger partial charge in [-0.25, -0.2) is 0 Å². The number of carbonyl (C=O) groups excluding carboxylic acids is 2. The predicted molar refractivity (Wildman–Crippen MR) is 77.7 cm³/mol. The molecule has 108 valence electrons. The van der Waals surface area contributed by atoms with Gasteiger partial charge in [0.25, 0.3) is 0 Å². The van der Waals surface area contributed by atoms with Crippen LogP contribution < -0.4 is 9.64 Å². The highest BCUT2D eigenvalue weighted by Crippen LogP contribution is 2.30. The quantitative estimate of drug-likeness (QED) is 0.592. The third kappa shape index (κ3) is 3.00. The van der Waals surface area contributed by atoms with Gasteiger partial charge in [-0.15, -0.1) is 0 Å². The first-order chi connectivity index (χ1) is 9.67. The SMILES string of the molecule is CCCCC[C@@H]1CC(=O)N(c2ccc(OC)cc2)C1=O. The highest BCUT2D eigenvalue weighted by atomic mass is 16.5. The molecule has 0 aromatic heterocycles. The Labute approximate surface area is 119 Å². The molecule has 0 aliphatic carbocycles. The van der Waals surface area contributed by atoms with Gasteiger partial charge in [-0.05, 0) is 30.7 Å². The monoisotopic (exact) mass is 275 g/mol. The zero-order valence-electron chi connectivity index (χ0n) is 12.1. The van der Waals surface area contributed by atoms with Crippen LogP contribution in [0, 0.1) is 5.92 Å². The number of amides is 2. The van der Waals surface area contributed by atoms with E-state index >= 15 is 0 Å². The summed E-state index contributed by atoms with van der Waals surface area (Å²) in [4.78, 5) is 25.7. The van der Waals surface area contributed by atoms with Crippen LogP contribution >= 0.6 is 0 Å². The molecule has 2 rings (SSSR count). The van der Waals surface area contributed by atoms with Gasteiger partial charge < -0.3 is 4.74 Å². The molecule has 1 fully saturated rings. The fraction of sp³-hybridized carbons (Fsp3) is 0.500. The molecule has 1 atom stereocenters. The molecule has 0 bridgehead atoms. The number of carbonyl (C=O) groups is 2. The van der Waals surface area contributed by atoms with Crippen LogP contribution in [0.3, 0.4) is 0 Å². The maximum Gasteiger partial charge on any atom is 0.237 e. The van der Waals surface area contributed by atoms with E-state index in [0.29, 0.717) is 17.9 Å². The first-order valence-corrected chi connectivity index (χ1v) is 7.18. The van der Waals surface area contributed by atoms with Gasteiger partial charge in [0.2, 0.25) is 11.8 Å². The summed E-state index contributed by atoms with van der Waals surface area (Å²) in [6.45, 7) is 2.13. The Balaban J connectivity index is 2.07. The third-order valence-electron chi connectivity index (χ3n) is 3.73. The van der Waals surface area contributed by atoms with Crippen LogP contribution in [0.25, 0.3) is 0 Å². The van der Waals surface area contributed by atoms with E-state index in [9.17, 15) is 9.59 Å². The lowest BCUT2D eigenvalue weighted by Gasteiger charge is -2.15. The normalized spacial score (nSPS) is 18.7. The molecule has 1 aromatic rings. The summed E-state index contributed by atoms with van der Waals surface area (Å²) in [6, 6.07) is 7.03. The summed E-state index contributed by atoms with van der Waals surface area (Å²) in [5.41, 5.74) is 0.638. The minimum atomic E-state index is -0.142. The molecule has 1 saturated heterocycles. The molecule has 0 saturated carbocycles. The molecule has 20 heavy (non-hydrogen) atoms. The number of hydrogen-bond donors (Lipinski definition) is 0. The van der Waals surface area contributed by atoms with Crippen molar-refractivity contribution < 1.29 is 14.3 Å². The number of methoxy groups -OCH3 is 1. The molecule has 0 spiro atoms. The van der Waals surface area contributed by atoms with Crippen LogP contribution in [-0.2, 0) is 9.59 Å². The third-order valence-corrected chi connectivity index (χ3v) is 3.73. The molecule has 1 aromatic carbocycles. The van der Waals surface area contributed by atoms with Crippen LogP contribution in [-0.4, -0.2) is 18.9 Å². The van der Waals surface area contributed by atoms with Crippen molar-refractivity contribution in [2.75, 3.05) is 12.0 Å². The second-order valence-electron chi connectivity index (χ2n) is 5.16. The Hall–Kier alpha value is -1.84. The fourth-order valence-electron chi connectivity index (χ4n) is 2.56. The van der Waals surface area contributed by atoms with Crippen molar-refractivity contribution >= 4 is 17.5 Å². The van der Waals surface area contributed by atoms with E-state index in [0.717, 1.165) is 25.7 Å². The van der Waals surface area contributed by atoms with Gasteiger partial charge in [0.1, 0.15) is 5.75 Å². The Morgan fingerprint density at radius 2 is 1.90 bits per heavy atom. The fourth-order valence-corrected chi connectivity index (χ4v) is 2.56. The first kappa shape index (κ1) is 14.6. The summed E-state index contributed by atoms with van der Waals surface area (Å²) in [5.74, 6) is 0.418. The molecule has 1 aliphatic rings. The molecular weight excluding hydrogens is 254 g/mol. The van der Waals surface area contributed by atoms with Gasteiger partial charge >= 0.3 is 0 Å². The Morgan fingerprint density at radius 1 is 1.20 bits per heavy atom. The van der Waals surface area contributed by atoms with E-state index in [-0.39, 0.29) is 17.7 Å². The minimum Gasteiger partial charge on any atom is -0.497 e. The Kier molecular flexibility index (Phi) is 4.77. The summed E-state index contributed by atoms with van der Waals surface area (Å²) >= 11 is 0. The van der Waals surface area contributed by atoms with Gasteiger partial charge in [0.15, 0.2) is 0 Å². The van der Waals surface area contributed by atoms with Gasteiger partial charge in [-0.1, -0.05) is 26.2 Å².